The molecule has 0 aliphatic rings. The molecule has 0 aliphatic heterocycles. The number of allylic oxidation sites excluding steroid dienone is 10. The van der Waals surface area contributed by atoms with Crippen molar-refractivity contribution in [2.24, 2.45) is 0 Å². The van der Waals surface area contributed by atoms with Gasteiger partial charge in [-0.05, 0) is 78.6 Å². The Labute approximate surface area is 192 Å². The molecule has 1 atom stereocenters. The van der Waals surface area contributed by atoms with Crippen molar-refractivity contribution in [3.8, 4) is 0 Å². The molecule has 3 heteroatoms. The van der Waals surface area contributed by atoms with Crippen LogP contribution in [0.5, 0.6) is 0 Å². The first-order chi connectivity index (χ1) is 14.9. The Bertz CT molecular complexity index is 574. The summed E-state index contributed by atoms with van der Waals surface area (Å²) in [5.74, 6) is -0.257. The molecule has 0 aromatic carbocycles. The molecule has 1 unspecified atom stereocenters. The Hall–Kier alpha value is -1.87. The van der Waals surface area contributed by atoms with Crippen molar-refractivity contribution in [2.75, 3.05) is 6.61 Å². The van der Waals surface area contributed by atoms with Crippen LogP contribution in [0, 0.1) is 0 Å². The third-order valence-electron chi connectivity index (χ3n) is 4.28. The molecule has 3 nitrogen and oxygen atoms in total. The number of carbonyl (C=O) groups excluding carboxylic acids is 1. The van der Waals surface area contributed by atoms with E-state index in [1.54, 1.807) is 0 Å². The summed E-state index contributed by atoms with van der Waals surface area (Å²) in [6.07, 6.45) is 30.5. The van der Waals surface area contributed by atoms with E-state index in [0.29, 0.717) is 13.0 Å². The Kier molecular flexibility index (Phi) is 18.8. The van der Waals surface area contributed by atoms with E-state index in [1.807, 2.05) is 27.7 Å². The molecule has 0 N–H and O–H groups in total. The smallest absolute Gasteiger partial charge is 0.335 e. The van der Waals surface area contributed by atoms with Gasteiger partial charge in [0.25, 0.3) is 0 Å². The lowest BCUT2D eigenvalue weighted by molar-refractivity contribution is -0.168. The number of carbonyl (C=O) groups is 1. The monoisotopic (exact) mass is 430 g/mol. The largest absolute Gasteiger partial charge is 0.458 e. The Morgan fingerprint density at radius 2 is 1.23 bits per heavy atom. The fraction of sp³-hybridized carbons (Fsp3) is 0.607. The van der Waals surface area contributed by atoms with Gasteiger partial charge < -0.3 is 9.47 Å². The van der Waals surface area contributed by atoms with Crippen molar-refractivity contribution >= 4 is 5.97 Å². The first-order valence-corrected chi connectivity index (χ1v) is 12.0. The van der Waals surface area contributed by atoms with Gasteiger partial charge in [0.1, 0.15) is 5.60 Å². The molecule has 176 valence electrons. The molecule has 0 aromatic rings. The van der Waals surface area contributed by atoms with Crippen molar-refractivity contribution in [2.45, 2.75) is 104 Å². The van der Waals surface area contributed by atoms with Gasteiger partial charge in [-0.25, -0.2) is 4.79 Å². The van der Waals surface area contributed by atoms with Crippen LogP contribution in [0.25, 0.3) is 0 Å². The fourth-order valence-electron chi connectivity index (χ4n) is 2.68. The number of hydrogen-bond donors (Lipinski definition) is 0. The van der Waals surface area contributed by atoms with Crippen molar-refractivity contribution in [1.29, 1.82) is 0 Å². The molecular formula is C28H46O3. The van der Waals surface area contributed by atoms with Gasteiger partial charge in [-0.3, -0.25) is 0 Å². The molecule has 0 fully saturated rings. The number of rotatable bonds is 17. The molecule has 0 saturated heterocycles. The second-order valence-corrected chi connectivity index (χ2v) is 8.51. The third kappa shape index (κ3) is 21.2. The van der Waals surface area contributed by atoms with Gasteiger partial charge in [-0.1, -0.05) is 74.6 Å². The number of unbranched alkanes of at least 4 members (excludes halogenated alkanes) is 2. The summed E-state index contributed by atoms with van der Waals surface area (Å²) in [4.78, 5) is 12.0. The Morgan fingerprint density at radius 3 is 1.68 bits per heavy atom. The third-order valence-corrected chi connectivity index (χ3v) is 4.28. The van der Waals surface area contributed by atoms with Crippen LogP contribution in [0.2, 0.25) is 0 Å². The molecule has 0 saturated carbocycles. The van der Waals surface area contributed by atoms with Crippen LogP contribution in [0.4, 0.5) is 0 Å². The van der Waals surface area contributed by atoms with Crippen LogP contribution in [0.1, 0.15) is 92.4 Å². The summed E-state index contributed by atoms with van der Waals surface area (Å²) in [6.45, 7) is 10.3. The summed E-state index contributed by atoms with van der Waals surface area (Å²) in [6, 6.07) is 0. The highest BCUT2D eigenvalue weighted by Gasteiger charge is 2.24. The lowest BCUT2D eigenvalue weighted by Crippen LogP contribution is -2.33. The summed E-state index contributed by atoms with van der Waals surface area (Å²) in [5, 5.41) is 0. The molecule has 31 heavy (non-hydrogen) atoms. The highest BCUT2D eigenvalue weighted by atomic mass is 16.6. The maximum atomic E-state index is 12.0. The predicted molar refractivity (Wildman–Crippen MR) is 134 cm³/mol. The Morgan fingerprint density at radius 1 is 0.742 bits per heavy atom. The van der Waals surface area contributed by atoms with E-state index in [-0.39, 0.29) is 5.97 Å². The zero-order valence-electron chi connectivity index (χ0n) is 20.6. The first-order valence-electron chi connectivity index (χ1n) is 12.0. The van der Waals surface area contributed by atoms with Crippen LogP contribution < -0.4 is 0 Å². The van der Waals surface area contributed by atoms with Gasteiger partial charge in [0.05, 0.1) is 0 Å². The van der Waals surface area contributed by atoms with Crippen molar-refractivity contribution in [1.82, 2.24) is 0 Å². The van der Waals surface area contributed by atoms with Crippen LogP contribution in [-0.2, 0) is 14.3 Å². The van der Waals surface area contributed by atoms with E-state index in [2.05, 4.69) is 67.7 Å². The second kappa shape index (κ2) is 20.1. The van der Waals surface area contributed by atoms with E-state index in [0.717, 1.165) is 51.4 Å². The van der Waals surface area contributed by atoms with Crippen molar-refractivity contribution in [3.05, 3.63) is 60.8 Å². The Balaban J connectivity index is 3.69. The minimum Gasteiger partial charge on any atom is -0.458 e. The fourth-order valence-corrected chi connectivity index (χ4v) is 2.68. The lowest BCUT2D eigenvalue weighted by Gasteiger charge is -2.23. The van der Waals surface area contributed by atoms with Gasteiger partial charge in [-0.2, -0.15) is 0 Å². The standard InChI is InChI=1S/C28H46O3/c1-6-8-9-10-11-12-13-14-15-16-17-18-19-20-21-22-23-24-25-30-26(7-2)27(29)31-28(3,4)5/h8-9,11-12,14-15,17-18,20-21,26H,6-7,10,13,16,19,22-25H2,1-5H3. The quantitative estimate of drug-likeness (QED) is 0.133. The van der Waals surface area contributed by atoms with Gasteiger partial charge in [0.2, 0.25) is 0 Å². The molecule has 0 spiro atoms. The minimum atomic E-state index is -0.466. The van der Waals surface area contributed by atoms with Crippen LogP contribution >= 0.6 is 0 Å². The number of hydrogen-bond acceptors (Lipinski definition) is 3. The molecular weight excluding hydrogens is 384 g/mol. The van der Waals surface area contributed by atoms with Crippen LogP contribution in [0.15, 0.2) is 60.8 Å². The molecule has 0 heterocycles. The second-order valence-electron chi connectivity index (χ2n) is 8.51. The van der Waals surface area contributed by atoms with Crippen molar-refractivity contribution < 1.29 is 14.3 Å². The highest BCUT2D eigenvalue weighted by Crippen LogP contribution is 2.12. The highest BCUT2D eigenvalue weighted by molar-refractivity contribution is 5.75. The maximum Gasteiger partial charge on any atom is 0.335 e. The summed E-state index contributed by atoms with van der Waals surface area (Å²) >= 11 is 0. The number of esters is 1. The number of ether oxygens (including phenoxy) is 2. The van der Waals surface area contributed by atoms with Crippen molar-refractivity contribution in [3.63, 3.8) is 0 Å². The maximum absolute atomic E-state index is 12.0. The van der Waals surface area contributed by atoms with E-state index in [4.69, 9.17) is 9.47 Å². The SMILES string of the molecule is CCC=CCC=CCC=CCC=CCC=CCCCCOC(CC)C(=O)OC(C)(C)C. The molecule has 0 aromatic heterocycles. The van der Waals surface area contributed by atoms with E-state index in [9.17, 15) is 4.79 Å². The van der Waals surface area contributed by atoms with Gasteiger partial charge in [0.15, 0.2) is 6.10 Å². The summed E-state index contributed by atoms with van der Waals surface area (Å²) in [7, 11) is 0. The molecule has 0 bridgehead atoms. The molecule has 0 radical (unpaired) electrons. The average molecular weight is 431 g/mol. The van der Waals surface area contributed by atoms with Crippen LogP contribution in [0.3, 0.4) is 0 Å². The van der Waals surface area contributed by atoms with Gasteiger partial charge >= 0.3 is 5.97 Å². The first kappa shape index (κ1) is 29.1. The van der Waals surface area contributed by atoms with E-state index < -0.39 is 11.7 Å². The summed E-state index contributed by atoms with van der Waals surface area (Å²) in [5.41, 5.74) is -0.466. The molecule has 0 aliphatic carbocycles. The molecule has 0 rings (SSSR count). The summed E-state index contributed by atoms with van der Waals surface area (Å²) < 4.78 is 11.1. The lowest BCUT2D eigenvalue weighted by atomic mass is 10.2. The zero-order chi connectivity index (χ0) is 23.2. The zero-order valence-corrected chi connectivity index (χ0v) is 20.6. The van der Waals surface area contributed by atoms with Gasteiger partial charge in [-0.15, -0.1) is 0 Å². The van der Waals surface area contributed by atoms with E-state index in [1.165, 1.54) is 0 Å². The average Bonchev–Trinajstić information content (AvgIpc) is 2.71. The van der Waals surface area contributed by atoms with Crippen LogP contribution in [-0.4, -0.2) is 24.3 Å². The minimum absolute atomic E-state index is 0.257. The van der Waals surface area contributed by atoms with E-state index >= 15 is 0 Å². The topological polar surface area (TPSA) is 35.5 Å². The molecule has 0 amide bonds. The predicted octanol–water partition coefficient (Wildman–Crippen LogP) is 8.05. The van der Waals surface area contributed by atoms with Gasteiger partial charge in [0, 0.05) is 6.61 Å². The normalized spacial score (nSPS) is 14.1.